The SMILES string of the molecule is C#CCOc1c(C(C)(C)C)cccc1C(C)(C)C. The van der Waals surface area contributed by atoms with Gasteiger partial charge in [0.05, 0.1) is 0 Å². The average Bonchev–Trinajstić information content (AvgIpc) is 2.23. The molecule has 98 valence electrons. The average molecular weight is 244 g/mol. The molecule has 0 unspecified atom stereocenters. The molecule has 0 spiro atoms. The molecule has 0 radical (unpaired) electrons. The van der Waals surface area contributed by atoms with E-state index in [1.807, 2.05) is 0 Å². The van der Waals surface area contributed by atoms with Crippen LogP contribution in [0.1, 0.15) is 52.7 Å². The van der Waals surface area contributed by atoms with Crippen molar-refractivity contribution in [1.29, 1.82) is 0 Å². The summed E-state index contributed by atoms with van der Waals surface area (Å²) in [7, 11) is 0. The molecule has 1 heteroatoms. The topological polar surface area (TPSA) is 9.23 Å². The van der Waals surface area contributed by atoms with E-state index < -0.39 is 0 Å². The maximum atomic E-state index is 5.83. The molecule has 0 N–H and O–H groups in total. The Morgan fingerprint density at radius 1 is 1.00 bits per heavy atom. The fraction of sp³-hybridized carbons (Fsp3) is 0.529. The maximum Gasteiger partial charge on any atom is 0.148 e. The van der Waals surface area contributed by atoms with Crippen LogP contribution in [0.25, 0.3) is 0 Å². The van der Waals surface area contributed by atoms with Gasteiger partial charge in [-0.15, -0.1) is 6.42 Å². The zero-order chi connectivity index (χ0) is 14.0. The molecule has 0 fully saturated rings. The Labute approximate surface area is 112 Å². The Morgan fingerprint density at radius 2 is 1.44 bits per heavy atom. The van der Waals surface area contributed by atoms with E-state index in [2.05, 4.69) is 65.7 Å². The van der Waals surface area contributed by atoms with Crippen LogP contribution in [0, 0.1) is 12.3 Å². The summed E-state index contributed by atoms with van der Waals surface area (Å²) in [5.74, 6) is 3.51. The Morgan fingerprint density at radius 3 is 1.78 bits per heavy atom. The Kier molecular flexibility index (Phi) is 4.12. The van der Waals surface area contributed by atoms with Crippen molar-refractivity contribution in [2.24, 2.45) is 0 Å². The fourth-order valence-electron chi connectivity index (χ4n) is 1.99. The lowest BCUT2D eigenvalue weighted by atomic mass is 9.79. The van der Waals surface area contributed by atoms with Gasteiger partial charge in [0.1, 0.15) is 12.4 Å². The smallest absolute Gasteiger partial charge is 0.148 e. The zero-order valence-corrected chi connectivity index (χ0v) is 12.4. The summed E-state index contributed by atoms with van der Waals surface area (Å²) >= 11 is 0. The molecule has 1 nitrogen and oxygen atoms in total. The minimum Gasteiger partial charge on any atom is -0.480 e. The fourth-order valence-corrected chi connectivity index (χ4v) is 1.99. The number of hydrogen-bond donors (Lipinski definition) is 0. The third-order valence-electron chi connectivity index (χ3n) is 2.93. The van der Waals surface area contributed by atoms with E-state index in [9.17, 15) is 0 Å². The summed E-state index contributed by atoms with van der Waals surface area (Å²) in [6.07, 6.45) is 5.32. The van der Waals surface area contributed by atoms with Gasteiger partial charge >= 0.3 is 0 Å². The van der Waals surface area contributed by atoms with Crippen molar-refractivity contribution in [1.82, 2.24) is 0 Å². The van der Waals surface area contributed by atoms with Crippen LogP contribution in [0.15, 0.2) is 18.2 Å². The van der Waals surface area contributed by atoms with Gasteiger partial charge in [-0.2, -0.15) is 0 Å². The first-order chi connectivity index (χ1) is 8.18. The van der Waals surface area contributed by atoms with E-state index in [1.165, 1.54) is 11.1 Å². The van der Waals surface area contributed by atoms with Gasteiger partial charge in [0, 0.05) is 0 Å². The van der Waals surface area contributed by atoms with E-state index in [1.54, 1.807) is 0 Å². The molecule has 1 aromatic rings. The normalized spacial score (nSPS) is 12.1. The summed E-state index contributed by atoms with van der Waals surface area (Å²) in [5, 5.41) is 0. The minimum atomic E-state index is 0.0468. The zero-order valence-electron chi connectivity index (χ0n) is 12.4. The highest BCUT2D eigenvalue weighted by Crippen LogP contribution is 2.39. The lowest BCUT2D eigenvalue weighted by molar-refractivity contribution is 0.345. The first-order valence-corrected chi connectivity index (χ1v) is 6.38. The molecule has 0 heterocycles. The standard InChI is InChI=1S/C17H24O/c1-8-12-18-15-13(16(2,3)4)10-9-11-14(15)17(5,6)7/h1,9-11H,12H2,2-7H3. The van der Waals surface area contributed by atoms with Crippen LogP contribution in [0.5, 0.6) is 5.75 Å². The highest BCUT2D eigenvalue weighted by atomic mass is 16.5. The first kappa shape index (κ1) is 14.6. The molecule has 0 atom stereocenters. The van der Waals surface area contributed by atoms with Gasteiger partial charge in [0.2, 0.25) is 0 Å². The summed E-state index contributed by atoms with van der Waals surface area (Å²) in [6, 6.07) is 6.35. The van der Waals surface area contributed by atoms with Crippen molar-refractivity contribution >= 4 is 0 Å². The largest absolute Gasteiger partial charge is 0.480 e. The molecule has 18 heavy (non-hydrogen) atoms. The van der Waals surface area contributed by atoms with Crippen LogP contribution in [0.3, 0.4) is 0 Å². The van der Waals surface area contributed by atoms with Crippen LogP contribution in [0.2, 0.25) is 0 Å². The van der Waals surface area contributed by atoms with Gasteiger partial charge in [0.15, 0.2) is 0 Å². The number of ether oxygens (including phenoxy) is 1. The van der Waals surface area contributed by atoms with Crippen molar-refractivity contribution in [2.75, 3.05) is 6.61 Å². The van der Waals surface area contributed by atoms with Gasteiger partial charge in [0.25, 0.3) is 0 Å². The molecule has 0 saturated carbocycles. The van der Waals surface area contributed by atoms with Crippen LogP contribution in [-0.2, 0) is 10.8 Å². The molecule has 0 bridgehead atoms. The summed E-state index contributed by atoms with van der Waals surface area (Å²) in [5.41, 5.74) is 2.52. The lowest BCUT2D eigenvalue weighted by Gasteiger charge is -2.29. The van der Waals surface area contributed by atoms with Crippen molar-refractivity contribution < 1.29 is 4.74 Å². The van der Waals surface area contributed by atoms with Gasteiger partial charge in [-0.25, -0.2) is 0 Å². The number of para-hydroxylation sites is 1. The minimum absolute atomic E-state index is 0.0468. The van der Waals surface area contributed by atoms with E-state index in [0.29, 0.717) is 6.61 Å². The monoisotopic (exact) mass is 244 g/mol. The van der Waals surface area contributed by atoms with Crippen molar-refractivity contribution in [2.45, 2.75) is 52.4 Å². The van der Waals surface area contributed by atoms with Gasteiger partial charge in [-0.05, 0) is 22.0 Å². The van der Waals surface area contributed by atoms with E-state index in [4.69, 9.17) is 11.2 Å². The van der Waals surface area contributed by atoms with Crippen LogP contribution < -0.4 is 4.74 Å². The Balaban J connectivity index is 3.41. The molecule has 0 aliphatic rings. The van der Waals surface area contributed by atoms with E-state index in [0.717, 1.165) is 5.75 Å². The van der Waals surface area contributed by atoms with Gasteiger partial charge in [-0.3, -0.25) is 0 Å². The van der Waals surface area contributed by atoms with E-state index in [-0.39, 0.29) is 10.8 Å². The molecule has 1 rings (SSSR count). The van der Waals surface area contributed by atoms with E-state index >= 15 is 0 Å². The molecule has 0 aromatic heterocycles. The third-order valence-corrected chi connectivity index (χ3v) is 2.93. The van der Waals surface area contributed by atoms with Crippen molar-refractivity contribution in [3.05, 3.63) is 29.3 Å². The molecular weight excluding hydrogens is 220 g/mol. The van der Waals surface area contributed by atoms with Gasteiger partial charge < -0.3 is 4.74 Å². The molecule has 0 aliphatic carbocycles. The molecule has 0 amide bonds. The van der Waals surface area contributed by atoms with Crippen molar-refractivity contribution in [3.8, 4) is 18.1 Å². The Hall–Kier alpha value is -1.42. The summed E-state index contributed by atoms with van der Waals surface area (Å²) in [6.45, 7) is 13.5. The van der Waals surface area contributed by atoms with Crippen molar-refractivity contribution in [3.63, 3.8) is 0 Å². The van der Waals surface area contributed by atoms with Crippen LogP contribution >= 0.6 is 0 Å². The highest BCUT2D eigenvalue weighted by Gasteiger charge is 2.26. The maximum absolute atomic E-state index is 5.83. The van der Waals surface area contributed by atoms with Gasteiger partial charge in [-0.1, -0.05) is 65.7 Å². The first-order valence-electron chi connectivity index (χ1n) is 6.38. The quantitative estimate of drug-likeness (QED) is 0.705. The number of hydrogen-bond acceptors (Lipinski definition) is 1. The number of rotatable bonds is 2. The summed E-state index contributed by atoms with van der Waals surface area (Å²) in [4.78, 5) is 0. The molecule has 0 aliphatic heterocycles. The highest BCUT2D eigenvalue weighted by molar-refractivity contribution is 5.48. The second kappa shape index (κ2) is 5.06. The van der Waals surface area contributed by atoms with Crippen LogP contribution in [-0.4, -0.2) is 6.61 Å². The second-order valence-electron chi connectivity index (χ2n) is 6.68. The summed E-state index contributed by atoms with van der Waals surface area (Å²) < 4.78 is 5.83. The third kappa shape index (κ3) is 3.29. The number of terminal acetylenes is 1. The second-order valence-corrected chi connectivity index (χ2v) is 6.68. The molecule has 1 aromatic carbocycles. The lowest BCUT2D eigenvalue weighted by Crippen LogP contribution is -2.19. The van der Waals surface area contributed by atoms with Crippen LogP contribution in [0.4, 0.5) is 0 Å². The predicted octanol–water partition coefficient (Wildman–Crippen LogP) is 4.29. The number of benzene rings is 1. The Bertz CT molecular complexity index is 418. The molecule has 0 saturated heterocycles. The molecular formula is C17H24O. The predicted molar refractivity (Wildman–Crippen MR) is 78.2 cm³/mol.